The van der Waals surface area contributed by atoms with E-state index in [1.54, 1.807) is 20.8 Å². The molecule has 0 aliphatic carbocycles. The number of hydrogen-bond acceptors (Lipinski definition) is 5. The maximum atomic E-state index is 12.8. The molecule has 1 N–H and O–H groups in total. The molecule has 0 aromatic heterocycles. The first kappa shape index (κ1) is 20.2. The Morgan fingerprint density at radius 3 is 2.38 bits per heavy atom. The number of rotatable bonds is 5. The van der Waals surface area contributed by atoms with E-state index >= 15 is 0 Å². The van der Waals surface area contributed by atoms with Crippen LogP contribution in [-0.2, 0) is 14.3 Å². The number of nitrogens with one attached hydrogen (secondary N) is 1. The predicted octanol–water partition coefficient (Wildman–Crippen LogP) is 2.93. The van der Waals surface area contributed by atoms with Crippen LogP contribution in [0.4, 0.5) is 4.79 Å². The monoisotopic (exact) mass is 362 g/mol. The van der Waals surface area contributed by atoms with Crippen LogP contribution in [0, 0.1) is 0 Å². The molecule has 1 fully saturated rings. The van der Waals surface area contributed by atoms with Gasteiger partial charge in [0.2, 0.25) is 0 Å². The minimum atomic E-state index is -0.582. The molecule has 1 aliphatic rings. The summed E-state index contributed by atoms with van der Waals surface area (Å²) < 4.78 is 11.0. The number of likely N-dealkylation sites (tertiary alicyclic amines) is 1. The lowest BCUT2D eigenvalue weighted by Gasteiger charge is -2.30. The lowest BCUT2D eigenvalue weighted by atomic mass is 9.99. The fourth-order valence-electron chi connectivity index (χ4n) is 2.87. The van der Waals surface area contributed by atoms with E-state index in [0.717, 1.165) is 31.5 Å². The zero-order chi connectivity index (χ0) is 19.2. The third kappa shape index (κ3) is 6.67. The van der Waals surface area contributed by atoms with Crippen molar-refractivity contribution < 1.29 is 19.1 Å². The van der Waals surface area contributed by atoms with Crippen molar-refractivity contribution in [1.29, 1.82) is 0 Å². The van der Waals surface area contributed by atoms with Crippen molar-refractivity contribution in [3.8, 4) is 0 Å². The van der Waals surface area contributed by atoms with Gasteiger partial charge in [-0.15, -0.1) is 0 Å². The van der Waals surface area contributed by atoms with Gasteiger partial charge in [0.25, 0.3) is 0 Å². The Labute approximate surface area is 155 Å². The number of ether oxygens (including phenoxy) is 2. The molecule has 1 aromatic rings. The van der Waals surface area contributed by atoms with Gasteiger partial charge in [-0.25, -0.2) is 4.79 Å². The van der Waals surface area contributed by atoms with Crippen LogP contribution in [0.25, 0.3) is 0 Å². The molecule has 0 spiro atoms. The third-order valence-electron chi connectivity index (χ3n) is 4.28. The summed E-state index contributed by atoms with van der Waals surface area (Å²) in [6.45, 7) is 7.39. The number of alkyl carbamates (subject to hydrolysis) is 1. The molecular weight excluding hydrogens is 332 g/mol. The highest BCUT2D eigenvalue weighted by Crippen LogP contribution is 2.21. The number of piperidine rings is 1. The number of esters is 1. The number of hydrogen-bond donors (Lipinski definition) is 1. The maximum Gasteiger partial charge on any atom is 0.407 e. The Bertz CT molecular complexity index is 590. The summed E-state index contributed by atoms with van der Waals surface area (Å²) in [5.41, 5.74) is 0.238. The highest BCUT2D eigenvalue weighted by atomic mass is 16.6. The Balaban J connectivity index is 1.99. The highest BCUT2D eigenvalue weighted by molar-refractivity contribution is 5.79. The molecule has 6 nitrogen and oxygen atoms in total. The molecule has 1 unspecified atom stereocenters. The zero-order valence-electron chi connectivity index (χ0n) is 16.2. The standard InChI is InChI=1S/C20H30N2O4/c1-20(2,3)26-19(24)21-14-17(15-8-6-5-7-9-15)18(23)25-16-10-12-22(4)13-11-16/h5-9,16-17H,10-14H2,1-4H3,(H,21,24). The van der Waals surface area contributed by atoms with Gasteiger partial charge in [-0.2, -0.15) is 0 Å². The van der Waals surface area contributed by atoms with Crippen LogP contribution in [0.3, 0.4) is 0 Å². The Morgan fingerprint density at radius 1 is 1.19 bits per heavy atom. The van der Waals surface area contributed by atoms with Crippen LogP contribution in [0.2, 0.25) is 0 Å². The quantitative estimate of drug-likeness (QED) is 0.816. The molecule has 144 valence electrons. The van der Waals surface area contributed by atoms with E-state index < -0.39 is 17.6 Å². The Kier molecular flexibility index (Phi) is 7.03. The summed E-state index contributed by atoms with van der Waals surface area (Å²) in [5.74, 6) is -0.856. The van der Waals surface area contributed by atoms with Crippen LogP contribution in [0.5, 0.6) is 0 Å². The number of amides is 1. The maximum absolute atomic E-state index is 12.8. The average molecular weight is 362 g/mol. The van der Waals surface area contributed by atoms with E-state index in [1.165, 1.54) is 0 Å². The summed E-state index contributed by atoms with van der Waals surface area (Å²) in [5, 5.41) is 2.69. The Morgan fingerprint density at radius 2 is 1.81 bits per heavy atom. The van der Waals surface area contributed by atoms with Crippen molar-refractivity contribution in [2.24, 2.45) is 0 Å². The summed E-state index contributed by atoms with van der Waals surface area (Å²) in [7, 11) is 2.07. The molecule has 0 bridgehead atoms. The SMILES string of the molecule is CN1CCC(OC(=O)C(CNC(=O)OC(C)(C)C)c2ccccc2)CC1. The van der Waals surface area contributed by atoms with Gasteiger partial charge < -0.3 is 19.7 Å². The average Bonchev–Trinajstić information content (AvgIpc) is 2.56. The lowest BCUT2D eigenvalue weighted by molar-refractivity contribution is -0.152. The van der Waals surface area contributed by atoms with Crippen LogP contribution >= 0.6 is 0 Å². The van der Waals surface area contributed by atoms with E-state index in [9.17, 15) is 9.59 Å². The molecule has 2 rings (SSSR count). The van der Waals surface area contributed by atoms with E-state index in [4.69, 9.17) is 9.47 Å². The van der Waals surface area contributed by atoms with Gasteiger partial charge in [-0.05, 0) is 46.2 Å². The second-order valence-corrected chi connectivity index (χ2v) is 7.79. The molecule has 1 amide bonds. The second kappa shape index (κ2) is 9.03. The van der Waals surface area contributed by atoms with Crippen LogP contribution < -0.4 is 5.32 Å². The molecule has 1 aromatic carbocycles. The van der Waals surface area contributed by atoms with Gasteiger partial charge >= 0.3 is 12.1 Å². The molecule has 26 heavy (non-hydrogen) atoms. The van der Waals surface area contributed by atoms with Crippen LogP contribution in [-0.4, -0.2) is 55.3 Å². The molecule has 1 atom stereocenters. The van der Waals surface area contributed by atoms with Gasteiger partial charge in [0.15, 0.2) is 0 Å². The number of nitrogens with zero attached hydrogens (tertiary/aromatic N) is 1. The van der Waals surface area contributed by atoms with Crippen molar-refractivity contribution >= 4 is 12.1 Å². The zero-order valence-corrected chi connectivity index (χ0v) is 16.2. The first-order chi connectivity index (χ1) is 12.2. The topological polar surface area (TPSA) is 67.9 Å². The van der Waals surface area contributed by atoms with Crippen LogP contribution in [0.15, 0.2) is 30.3 Å². The van der Waals surface area contributed by atoms with Crippen molar-refractivity contribution in [1.82, 2.24) is 10.2 Å². The molecule has 6 heteroatoms. The summed E-state index contributed by atoms with van der Waals surface area (Å²) in [6, 6.07) is 9.39. The number of carbonyl (C=O) groups excluding carboxylic acids is 2. The van der Waals surface area contributed by atoms with Gasteiger partial charge in [-0.1, -0.05) is 30.3 Å². The Hall–Kier alpha value is -2.08. The van der Waals surface area contributed by atoms with E-state index in [2.05, 4.69) is 17.3 Å². The van der Waals surface area contributed by atoms with Crippen molar-refractivity contribution in [3.05, 3.63) is 35.9 Å². The minimum Gasteiger partial charge on any atom is -0.462 e. The second-order valence-electron chi connectivity index (χ2n) is 7.79. The summed E-state index contributed by atoms with van der Waals surface area (Å²) in [6.07, 6.45) is 1.07. The van der Waals surface area contributed by atoms with E-state index in [-0.39, 0.29) is 18.6 Å². The van der Waals surface area contributed by atoms with E-state index in [1.807, 2.05) is 30.3 Å². The molecule has 0 radical (unpaired) electrons. The van der Waals surface area contributed by atoms with Crippen molar-refractivity contribution in [2.75, 3.05) is 26.7 Å². The normalized spacial score (nSPS) is 17.4. The molecule has 1 aliphatic heterocycles. The van der Waals surface area contributed by atoms with Gasteiger partial charge in [0.1, 0.15) is 11.7 Å². The predicted molar refractivity (Wildman–Crippen MR) is 100 cm³/mol. The van der Waals surface area contributed by atoms with Crippen LogP contribution in [0.1, 0.15) is 45.1 Å². The summed E-state index contributed by atoms with van der Waals surface area (Å²) in [4.78, 5) is 26.9. The highest BCUT2D eigenvalue weighted by Gasteiger charge is 2.28. The first-order valence-corrected chi connectivity index (χ1v) is 9.15. The molecular formula is C20H30N2O4. The molecule has 1 heterocycles. The lowest BCUT2D eigenvalue weighted by Crippen LogP contribution is -2.39. The van der Waals surface area contributed by atoms with Gasteiger partial charge in [-0.3, -0.25) is 4.79 Å². The summed E-state index contributed by atoms with van der Waals surface area (Å²) >= 11 is 0. The van der Waals surface area contributed by atoms with Crippen molar-refractivity contribution in [3.63, 3.8) is 0 Å². The number of carbonyl (C=O) groups is 2. The minimum absolute atomic E-state index is 0.0635. The smallest absolute Gasteiger partial charge is 0.407 e. The molecule has 1 saturated heterocycles. The van der Waals surface area contributed by atoms with E-state index in [0.29, 0.717) is 0 Å². The number of benzene rings is 1. The van der Waals surface area contributed by atoms with Gasteiger partial charge in [0.05, 0.1) is 5.92 Å². The third-order valence-corrected chi connectivity index (χ3v) is 4.28. The fourth-order valence-corrected chi connectivity index (χ4v) is 2.87. The van der Waals surface area contributed by atoms with Crippen molar-refractivity contribution in [2.45, 2.75) is 51.2 Å². The van der Waals surface area contributed by atoms with Gasteiger partial charge in [0, 0.05) is 19.6 Å². The largest absolute Gasteiger partial charge is 0.462 e. The fraction of sp³-hybridized carbons (Fsp3) is 0.600. The first-order valence-electron chi connectivity index (χ1n) is 9.15. The molecule has 0 saturated carbocycles.